The van der Waals surface area contributed by atoms with Crippen LogP contribution in [0.15, 0.2) is 53.9 Å². The number of ether oxygens (including phenoxy) is 2. The number of rotatable bonds is 5. The Morgan fingerprint density at radius 1 is 1.00 bits per heavy atom. The Morgan fingerprint density at radius 2 is 1.68 bits per heavy atom. The molecule has 1 saturated heterocycles. The summed E-state index contributed by atoms with van der Waals surface area (Å²) in [6.45, 7) is 1.51. The van der Waals surface area contributed by atoms with Crippen molar-refractivity contribution in [2.75, 3.05) is 37.1 Å². The molecule has 0 aliphatic carbocycles. The third-order valence-corrected chi connectivity index (χ3v) is 5.27. The molecule has 1 aromatic rings. The van der Waals surface area contributed by atoms with Gasteiger partial charge in [0.05, 0.1) is 30.4 Å². The van der Waals surface area contributed by atoms with Crippen LogP contribution in [0, 0.1) is 10.1 Å². The molecule has 0 radical (unpaired) electrons. The van der Waals surface area contributed by atoms with Crippen molar-refractivity contribution in [3.63, 3.8) is 0 Å². The Bertz CT molecular complexity index is 958. The van der Waals surface area contributed by atoms with Crippen molar-refractivity contribution in [3.05, 3.63) is 64.0 Å². The van der Waals surface area contributed by atoms with Crippen molar-refractivity contribution in [2.45, 2.75) is 25.7 Å². The minimum atomic E-state index is -0.768. The number of anilines is 2. The maximum absolute atomic E-state index is 12.6. The first kappa shape index (κ1) is 22.1. The largest absolute Gasteiger partial charge is 0.465 e. The summed E-state index contributed by atoms with van der Waals surface area (Å²) in [5.74, 6) is -1.49. The van der Waals surface area contributed by atoms with E-state index in [4.69, 9.17) is 9.47 Å². The van der Waals surface area contributed by atoms with E-state index >= 15 is 0 Å². The molecule has 2 heterocycles. The molecule has 2 aliphatic rings. The Morgan fingerprint density at radius 3 is 2.29 bits per heavy atom. The summed E-state index contributed by atoms with van der Waals surface area (Å²) >= 11 is 0. The Labute approximate surface area is 180 Å². The van der Waals surface area contributed by atoms with Crippen LogP contribution in [0.25, 0.3) is 0 Å². The molecule has 164 valence electrons. The van der Waals surface area contributed by atoms with Gasteiger partial charge in [-0.1, -0.05) is 18.9 Å². The van der Waals surface area contributed by atoms with E-state index in [0.717, 1.165) is 38.8 Å². The first-order valence-corrected chi connectivity index (χ1v) is 10.1. The van der Waals surface area contributed by atoms with E-state index in [1.54, 1.807) is 30.5 Å². The summed E-state index contributed by atoms with van der Waals surface area (Å²) in [5.41, 5.74) is 0.736. The van der Waals surface area contributed by atoms with Crippen LogP contribution >= 0.6 is 0 Å². The molecule has 0 amide bonds. The van der Waals surface area contributed by atoms with Crippen molar-refractivity contribution in [1.29, 1.82) is 0 Å². The van der Waals surface area contributed by atoms with Gasteiger partial charge in [-0.05, 0) is 37.1 Å². The lowest BCUT2D eigenvalue weighted by molar-refractivity contribution is -0.384. The molecule has 9 heteroatoms. The van der Waals surface area contributed by atoms with Gasteiger partial charge in [0.15, 0.2) is 0 Å². The fraction of sp³-hybridized carbons (Fsp3) is 0.364. The zero-order valence-electron chi connectivity index (χ0n) is 17.6. The Kier molecular flexibility index (Phi) is 7.07. The highest BCUT2D eigenvalue weighted by Crippen LogP contribution is 2.36. The molecule has 1 aromatic carbocycles. The lowest BCUT2D eigenvalue weighted by atomic mass is 10.1. The van der Waals surface area contributed by atoms with Gasteiger partial charge in [0, 0.05) is 25.4 Å². The number of allylic oxidation sites excluding steroid dienone is 2. The number of esters is 2. The molecule has 0 saturated carbocycles. The van der Waals surface area contributed by atoms with Gasteiger partial charge in [0.25, 0.3) is 5.69 Å². The van der Waals surface area contributed by atoms with E-state index in [9.17, 15) is 19.7 Å². The smallest absolute Gasteiger partial charge is 0.355 e. The predicted molar refractivity (Wildman–Crippen MR) is 116 cm³/mol. The van der Waals surface area contributed by atoms with Gasteiger partial charge in [0.1, 0.15) is 11.4 Å². The number of carbonyl (C=O) groups excluding carboxylic acids is 2. The average Bonchev–Trinajstić information content (AvgIpc) is 3.19. The van der Waals surface area contributed by atoms with E-state index in [0.29, 0.717) is 11.4 Å². The molecule has 31 heavy (non-hydrogen) atoms. The van der Waals surface area contributed by atoms with Gasteiger partial charge in [-0.25, -0.2) is 9.59 Å². The monoisotopic (exact) mass is 427 g/mol. The molecule has 3 rings (SSSR count). The number of nitro groups is 1. The van der Waals surface area contributed by atoms with Crippen molar-refractivity contribution in [2.24, 2.45) is 0 Å². The zero-order chi connectivity index (χ0) is 22.4. The maximum Gasteiger partial charge on any atom is 0.355 e. The van der Waals surface area contributed by atoms with Crippen LogP contribution in [-0.4, -0.2) is 44.2 Å². The molecule has 0 bridgehead atoms. The van der Waals surface area contributed by atoms with E-state index in [1.807, 2.05) is 4.90 Å². The molecule has 1 fully saturated rings. The van der Waals surface area contributed by atoms with Gasteiger partial charge in [0.2, 0.25) is 0 Å². The van der Waals surface area contributed by atoms with Crippen molar-refractivity contribution in [3.8, 4) is 0 Å². The van der Waals surface area contributed by atoms with Gasteiger partial charge in [-0.3, -0.25) is 10.1 Å². The number of hydrogen-bond donors (Lipinski definition) is 0. The predicted octanol–water partition coefficient (Wildman–Crippen LogP) is 3.47. The second kappa shape index (κ2) is 9.92. The normalized spacial score (nSPS) is 16.6. The summed E-state index contributed by atoms with van der Waals surface area (Å²) in [6.07, 6.45) is 10.4. The molecule has 0 atom stereocenters. The third-order valence-electron chi connectivity index (χ3n) is 5.27. The summed E-state index contributed by atoms with van der Waals surface area (Å²) in [5, 5.41) is 11.9. The van der Waals surface area contributed by atoms with Crippen molar-refractivity contribution >= 4 is 29.0 Å². The van der Waals surface area contributed by atoms with Gasteiger partial charge < -0.3 is 19.3 Å². The number of nitro benzene ring substituents is 1. The van der Waals surface area contributed by atoms with Crippen LogP contribution in [-0.2, 0) is 19.1 Å². The summed E-state index contributed by atoms with van der Waals surface area (Å²) in [7, 11) is 2.41. The number of benzene rings is 1. The molecule has 0 aromatic heterocycles. The minimum absolute atomic E-state index is 0.0152. The van der Waals surface area contributed by atoms with Gasteiger partial charge in [-0.15, -0.1) is 0 Å². The quantitative estimate of drug-likeness (QED) is 0.400. The van der Waals surface area contributed by atoms with Crippen molar-refractivity contribution in [1.82, 2.24) is 0 Å². The van der Waals surface area contributed by atoms with E-state index in [1.165, 1.54) is 31.3 Å². The van der Waals surface area contributed by atoms with Crippen LogP contribution in [0.2, 0.25) is 0 Å². The Hall–Kier alpha value is -3.62. The molecular formula is C22H25N3O6. The van der Waals surface area contributed by atoms with E-state index in [2.05, 4.69) is 0 Å². The maximum atomic E-state index is 12.6. The highest BCUT2D eigenvalue weighted by Gasteiger charge is 2.29. The Balaban J connectivity index is 2.11. The highest BCUT2D eigenvalue weighted by molar-refractivity contribution is 6.05. The van der Waals surface area contributed by atoms with Crippen LogP contribution in [0.5, 0.6) is 0 Å². The van der Waals surface area contributed by atoms with Gasteiger partial charge >= 0.3 is 11.9 Å². The number of methoxy groups -OCH3 is 2. The number of nitrogens with zero attached hydrogens (tertiary/aromatic N) is 3. The molecule has 0 unspecified atom stereocenters. The van der Waals surface area contributed by atoms with Crippen LogP contribution in [0.4, 0.5) is 17.1 Å². The molecule has 2 aliphatic heterocycles. The molecular weight excluding hydrogens is 402 g/mol. The molecule has 9 nitrogen and oxygen atoms in total. The fourth-order valence-corrected chi connectivity index (χ4v) is 3.75. The average molecular weight is 427 g/mol. The highest BCUT2D eigenvalue weighted by atomic mass is 16.6. The van der Waals surface area contributed by atoms with Crippen LogP contribution < -0.4 is 9.80 Å². The number of hydrogen-bond acceptors (Lipinski definition) is 8. The lowest BCUT2D eigenvalue weighted by Crippen LogP contribution is -2.27. The fourth-order valence-electron chi connectivity index (χ4n) is 3.75. The third kappa shape index (κ3) is 4.76. The summed E-state index contributed by atoms with van der Waals surface area (Å²) < 4.78 is 9.68. The summed E-state index contributed by atoms with van der Waals surface area (Å²) in [6, 6.07) is 4.80. The second-order valence-electron chi connectivity index (χ2n) is 7.15. The van der Waals surface area contributed by atoms with Gasteiger partial charge in [-0.2, -0.15) is 0 Å². The summed E-state index contributed by atoms with van der Waals surface area (Å²) in [4.78, 5) is 39.8. The first-order chi connectivity index (χ1) is 15.0. The van der Waals surface area contributed by atoms with E-state index < -0.39 is 16.9 Å². The zero-order valence-corrected chi connectivity index (χ0v) is 17.6. The first-order valence-electron chi connectivity index (χ1n) is 10.1. The van der Waals surface area contributed by atoms with E-state index in [-0.39, 0.29) is 17.0 Å². The van der Waals surface area contributed by atoms with Crippen LogP contribution in [0.3, 0.4) is 0 Å². The lowest BCUT2D eigenvalue weighted by Gasteiger charge is -2.25. The van der Waals surface area contributed by atoms with Crippen LogP contribution in [0.1, 0.15) is 25.7 Å². The van der Waals surface area contributed by atoms with Crippen molar-refractivity contribution < 1.29 is 24.0 Å². The minimum Gasteiger partial charge on any atom is -0.465 e. The SMILES string of the molecule is COC(=O)C1=C(C(=O)OC)N(c2ccc(N3CCCCCC3)c([N+](=O)[O-])c2)C=CC=C1. The second-order valence-corrected chi connectivity index (χ2v) is 7.15. The molecule has 0 N–H and O–H groups in total. The topological polar surface area (TPSA) is 102 Å². The number of carbonyl (C=O) groups is 2. The standard InChI is InChI=1S/C22H25N3O6/c1-30-21(26)17-9-5-8-14-24(20(17)22(27)31-2)16-10-11-18(19(15-16)25(28)29)23-12-6-3-4-7-13-23/h5,8-11,14-15H,3-4,6-7,12-13H2,1-2H3. The molecule has 0 spiro atoms.